The van der Waals surface area contributed by atoms with Gasteiger partial charge in [-0.05, 0) is 50.0 Å². The maximum absolute atomic E-state index is 11.8. The van der Waals surface area contributed by atoms with Gasteiger partial charge < -0.3 is 5.32 Å². The number of likely N-dealkylation sites (N-methyl/N-ethyl adjacent to an activating group) is 1. The summed E-state index contributed by atoms with van der Waals surface area (Å²) in [6.45, 7) is 0.922. The largest absolute Gasteiger partial charge is 0.319 e. The van der Waals surface area contributed by atoms with Gasteiger partial charge in [0, 0.05) is 0 Å². The monoisotopic (exact) mass is 239 g/mol. The van der Waals surface area contributed by atoms with Crippen LogP contribution >= 0.6 is 0 Å². The van der Waals surface area contributed by atoms with E-state index < -0.39 is 9.84 Å². The molecule has 0 radical (unpaired) electrons. The second-order valence-electron chi connectivity index (χ2n) is 4.22. The van der Waals surface area contributed by atoms with Crippen LogP contribution in [0.2, 0.25) is 0 Å². The summed E-state index contributed by atoms with van der Waals surface area (Å²) in [6.07, 6.45) is 2.59. The van der Waals surface area contributed by atoms with Crippen LogP contribution in [-0.4, -0.2) is 27.8 Å². The van der Waals surface area contributed by atoms with Gasteiger partial charge in [0.25, 0.3) is 0 Å². The van der Waals surface area contributed by atoms with Crippen LogP contribution in [0.4, 0.5) is 0 Å². The van der Waals surface area contributed by atoms with E-state index in [4.69, 9.17) is 0 Å². The lowest BCUT2D eigenvalue weighted by Gasteiger charge is -2.17. The van der Waals surface area contributed by atoms with E-state index in [9.17, 15) is 8.42 Å². The summed E-state index contributed by atoms with van der Waals surface area (Å²) in [5.74, 6) is 0.301. The van der Waals surface area contributed by atoms with Gasteiger partial charge in [-0.1, -0.05) is 12.1 Å². The highest BCUT2D eigenvalue weighted by Crippen LogP contribution is 2.25. The highest BCUT2D eigenvalue weighted by atomic mass is 32.2. The molecule has 0 saturated heterocycles. The molecule has 0 amide bonds. The van der Waals surface area contributed by atoms with Gasteiger partial charge in [-0.25, -0.2) is 8.42 Å². The molecule has 0 aromatic heterocycles. The van der Waals surface area contributed by atoms with Crippen LogP contribution in [0, 0.1) is 0 Å². The molecule has 1 aromatic rings. The van der Waals surface area contributed by atoms with Crippen molar-refractivity contribution in [1.29, 1.82) is 0 Å². The molecule has 16 heavy (non-hydrogen) atoms. The van der Waals surface area contributed by atoms with Gasteiger partial charge in [-0.15, -0.1) is 0 Å². The Morgan fingerprint density at radius 1 is 1.38 bits per heavy atom. The third kappa shape index (κ3) is 2.28. The fourth-order valence-electron chi connectivity index (χ4n) is 2.12. The van der Waals surface area contributed by atoms with E-state index in [1.807, 2.05) is 19.2 Å². The Balaban J connectivity index is 2.32. The second-order valence-corrected chi connectivity index (χ2v) is 6.30. The molecular formula is C12H17NO2S. The third-order valence-corrected chi connectivity index (χ3v) is 4.88. The maximum atomic E-state index is 11.8. The predicted molar refractivity (Wildman–Crippen MR) is 64.4 cm³/mol. The zero-order valence-corrected chi connectivity index (χ0v) is 10.3. The summed E-state index contributed by atoms with van der Waals surface area (Å²) in [4.78, 5) is 0.548. The normalized spacial score (nSPS) is 18.1. The van der Waals surface area contributed by atoms with Crippen molar-refractivity contribution < 1.29 is 8.42 Å². The first-order valence-electron chi connectivity index (χ1n) is 5.62. The van der Waals surface area contributed by atoms with Crippen molar-refractivity contribution in [2.24, 2.45) is 0 Å². The van der Waals surface area contributed by atoms with Crippen molar-refractivity contribution in [3.05, 3.63) is 29.3 Å². The van der Waals surface area contributed by atoms with Crippen molar-refractivity contribution in [3.8, 4) is 0 Å². The molecule has 0 fully saturated rings. The van der Waals surface area contributed by atoms with Crippen LogP contribution in [-0.2, 0) is 22.7 Å². The first-order chi connectivity index (χ1) is 7.63. The summed E-state index contributed by atoms with van der Waals surface area (Å²) in [5, 5.41) is 3.09. The third-order valence-electron chi connectivity index (χ3n) is 2.98. The molecule has 1 N–H and O–H groups in total. The van der Waals surface area contributed by atoms with E-state index in [0.29, 0.717) is 10.6 Å². The molecule has 1 aliphatic heterocycles. The molecule has 0 unspecified atom stereocenters. The lowest BCUT2D eigenvalue weighted by atomic mass is 10.0. The van der Waals surface area contributed by atoms with Crippen LogP contribution in [0.5, 0.6) is 0 Å². The van der Waals surface area contributed by atoms with Gasteiger partial charge >= 0.3 is 0 Å². The molecule has 1 aromatic carbocycles. The van der Waals surface area contributed by atoms with E-state index in [2.05, 4.69) is 5.32 Å². The van der Waals surface area contributed by atoms with Crippen molar-refractivity contribution in [3.63, 3.8) is 0 Å². The molecule has 0 spiro atoms. The Morgan fingerprint density at radius 3 is 2.94 bits per heavy atom. The Kier molecular flexibility index (Phi) is 3.30. The number of benzene rings is 1. The Hall–Kier alpha value is -0.870. The summed E-state index contributed by atoms with van der Waals surface area (Å²) >= 11 is 0. The van der Waals surface area contributed by atoms with Crippen LogP contribution in [0.3, 0.4) is 0 Å². The number of fused-ring (bicyclic) bond motifs is 1. The predicted octanol–water partition coefficient (Wildman–Crippen LogP) is 1.17. The van der Waals surface area contributed by atoms with Gasteiger partial charge in [-0.3, -0.25) is 0 Å². The van der Waals surface area contributed by atoms with Gasteiger partial charge in [0.15, 0.2) is 9.84 Å². The zero-order chi connectivity index (χ0) is 11.6. The first-order valence-corrected chi connectivity index (χ1v) is 7.28. The summed E-state index contributed by atoms with van der Waals surface area (Å²) in [5.41, 5.74) is 2.21. The lowest BCUT2D eigenvalue weighted by molar-refractivity contribution is 0.586. The van der Waals surface area contributed by atoms with Gasteiger partial charge in [0.1, 0.15) is 0 Å². The quantitative estimate of drug-likeness (QED) is 0.861. The summed E-state index contributed by atoms with van der Waals surface area (Å²) in [6, 6.07) is 5.75. The minimum Gasteiger partial charge on any atom is -0.319 e. The highest BCUT2D eigenvalue weighted by molar-refractivity contribution is 7.91. The van der Waals surface area contributed by atoms with Crippen LogP contribution in [0.1, 0.15) is 17.5 Å². The van der Waals surface area contributed by atoms with Crippen molar-refractivity contribution in [1.82, 2.24) is 5.32 Å². The van der Waals surface area contributed by atoms with Gasteiger partial charge in [0.2, 0.25) is 0 Å². The Bertz CT molecular complexity index is 480. The lowest BCUT2D eigenvalue weighted by Crippen LogP contribution is -2.17. The molecule has 88 valence electrons. The Morgan fingerprint density at radius 2 is 2.19 bits per heavy atom. The molecule has 1 heterocycles. The molecule has 3 nitrogen and oxygen atoms in total. The van der Waals surface area contributed by atoms with Gasteiger partial charge in [0.05, 0.1) is 10.6 Å². The van der Waals surface area contributed by atoms with E-state index in [0.717, 1.165) is 31.4 Å². The molecule has 0 bridgehead atoms. The maximum Gasteiger partial charge on any atom is 0.178 e. The SMILES string of the molecule is CNCCc1ccc2c(c1)CCCS2(=O)=O. The molecule has 1 aliphatic rings. The number of rotatable bonds is 3. The molecule has 0 saturated carbocycles. The fraction of sp³-hybridized carbons (Fsp3) is 0.500. The molecule has 2 rings (SSSR count). The number of nitrogens with one attached hydrogen (secondary N) is 1. The van der Waals surface area contributed by atoms with Crippen molar-refractivity contribution in [2.45, 2.75) is 24.2 Å². The average molecular weight is 239 g/mol. The second kappa shape index (κ2) is 4.55. The molecule has 0 aliphatic carbocycles. The van der Waals surface area contributed by atoms with Crippen LogP contribution in [0.15, 0.2) is 23.1 Å². The number of hydrogen-bond acceptors (Lipinski definition) is 3. The van der Waals surface area contributed by atoms with Crippen molar-refractivity contribution >= 4 is 9.84 Å². The molecule has 4 heteroatoms. The van der Waals surface area contributed by atoms with Gasteiger partial charge in [-0.2, -0.15) is 0 Å². The smallest absolute Gasteiger partial charge is 0.178 e. The highest BCUT2D eigenvalue weighted by Gasteiger charge is 2.23. The zero-order valence-electron chi connectivity index (χ0n) is 9.49. The van der Waals surface area contributed by atoms with E-state index in [1.54, 1.807) is 6.07 Å². The minimum absolute atomic E-state index is 0.301. The summed E-state index contributed by atoms with van der Waals surface area (Å²) in [7, 11) is -1.08. The minimum atomic E-state index is -2.99. The van der Waals surface area contributed by atoms with E-state index in [-0.39, 0.29) is 0 Å². The van der Waals surface area contributed by atoms with Crippen LogP contribution < -0.4 is 5.32 Å². The topological polar surface area (TPSA) is 46.2 Å². The Labute approximate surface area is 96.8 Å². The van der Waals surface area contributed by atoms with E-state index >= 15 is 0 Å². The molecular weight excluding hydrogens is 222 g/mol. The summed E-state index contributed by atoms with van der Waals surface area (Å²) < 4.78 is 23.6. The van der Waals surface area contributed by atoms with Crippen LogP contribution in [0.25, 0.3) is 0 Å². The standard InChI is InChI=1S/C12H17NO2S/c1-13-7-6-10-4-5-12-11(9-10)3-2-8-16(12,14)15/h4-5,9,13H,2-3,6-8H2,1H3. The first kappa shape index (κ1) is 11.6. The average Bonchev–Trinajstić information content (AvgIpc) is 2.25. The molecule has 0 atom stereocenters. The van der Waals surface area contributed by atoms with Crippen molar-refractivity contribution in [2.75, 3.05) is 19.3 Å². The number of sulfone groups is 1. The number of hydrogen-bond donors (Lipinski definition) is 1. The number of aryl methyl sites for hydroxylation is 1. The van der Waals surface area contributed by atoms with E-state index in [1.165, 1.54) is 5.56 Å². The fourth-order valence-corrected chi connectivity index (χ4v) is 3.70.